The lowest BCUT2D eigenvalue weighted by Crippen LogP contribution is -2.50. The van der Waals surface area contributed by atoms with Gasteiger partial charge in [-0.15, -0.1) is 0 Å². The van der Waals surface area contributed by atoms with Gasteiger partial charge in [0, 0.05) is 24.1 Å². The molecule has 19 heavy (non-hydrogen) atoms. The van der Waals surface area contributed by atoms with Gasteiger partial charge in [0.2, 0.25) is 0 Å². The molecule has 3 rings (SSSR count). The molecule has 3 atom stereocenters. The topological polar surface area (TPSA) is 29.5 Å². The van der Waals surface area contributed by atoms with Gasteiger partial charge in [0.15, 0.2) is 0 Å². The third-order valence-electron chi connectivity index (χ3n) is 4.48. The summed E-state index contributed by atoms with van der Waals surface area (Å²) in [5.41, 5.74) is 1.52. The minimum Gasteiger partial charge on any atom is -0.454 e. The van der Waals surface area contributed by atoms with Crippen LogP contribution in [0.1, 0.15) is 24.9 Å². The van der Waals surface area contributed by atoms with Crippen LogP contribution in [0.2, 0.25) is 0 Å². The molecule has 1 aromatic rings. The minimum absolute atomic E-state index is 0.126. The van der Waals surface area contributed by atoms with E-state index in [9.17, 15) is 4.79 Å². The molecule has 0 aliphatic carbocycles. The number of likely N-dealkylation sites (tertiary alicyclic amines) is 1. The highest BCUT2D eigenvalue weighted by atomic mass is 16.6. The zero-order valence-electron chi connectivity index (χ0n) is 11.4. The molecule has 0 aromatic heterocycles. The second-order valence-electron chi connectivity index (χ2n) is 5.86. The molecule has 0 N–H and O–H groups in total. The lowest BCUT2D eigenvalue weighted by molar-refractivity contribution is -0.151. The van der Waals surface area contributed by atoms with Crippen molar-refractivity contribution in [2.24, 2.45) is 5.92 Å². The number of esters is 1. The molecule has 0 bridgehead atoms. The molecule has 3 heteroatoms. The number of likely N-dealkylation sites (N-methyl/N-ethyl adjacent to an activating group) is 1. The maximum absolute atomic E-state index is 11.8. The second-order valence-corrected chi connectivity index (χ2v) is 5.86. The zero-order chi connectivity index (χ0) is 13.6. The molecule has 2 aliphatic heterocycles. The summed E-state index contributed by atoms with van der Waals surface area (Å²) in [6, 6.07) is 10.8. The van der Waals surface area contributed by atoms with E-state index in [1.807, 2.05) is 13.0 Å². The molecule has 0 unspecified atom stereocenters. The Morgan fingerprint density at radius 2 is 2.05 bits per heavy atom. The van der Waals surface area contributed by atoms with Crippen LogP contribution in [0.15, 0.2) is 42.5 Å². The molecule has 100 valence electrons. The fourth-order valence-corrected chi connectivity index (χ4v) is 3.47. The van der Waals surface area contributed by atoms with Crippen LogP contribution in [0.3, 0.4) is 0 Å². The van der Waals surface area contributed by atoms with Crippen molar-refractivity contribution in [3.05, 3.63) is 48.0 Å². The van der Waals surface area contributed by atoms with Crippen LogP contribution in [-0.2, 0) is 9.53 Å². The third kappa shape index (κ3) is 1.89. The van der Waals surface area contributed by atoms with Crippen molar-refractivity contribution < 1.29 is 9.53 Å². The molecule has 2 saturated heterocycles. The number of nitrogens with zero attached hydrogens (tertiary/aromatic N) is 1. The molecule has 0 amide bonds. The second kappa shape index (κ2) is 4.20. The van der Waals surface area contributed by atoms with Crippen molar-refractivity contribution in [3.8, 4) is 0 Å². The van der Waals surface area contributed by atoms with Crippen LogP contribution in [0.25, 0.3) is 0 Å². The maximum atomic E-state index is 11.8. The third-order valence-corrected chi connectivity index (χ3v) is 4.48. The van der Waals surface area contributed by atoms with E-state index in [0.29, 0.717) is 11.6 Å². The Kier molecular flexibility index (Phi) is 2.75. The van der Waals surface area contributed by atoms with Crippen molar-refractivity contribution in [2.75, 3.05) is 13.6 Å². The van der Waals surface area contributed by atoms with Crippen LogP contribution in [0, 0.1) is 5.92 Å². The smallest absolute Gasteiger partial charge is 0.334 e. The van der Waals surface area contributed by atoms with E-state index in [2.05, 4.69) is 42.8 Å². The van der Waals surface area contributed by atoms with E-state index in [-0.39, 0.29) is 11.9 Å². The Hall–Kier alpha value is -1.61. The standard InChI is InChI=1S/C16H19NO2/c1-11-13-9-14(12-7-5-4-6-8-12)17(3)10-16(13,2)19-15(11)18/h4-8,13-14H,1,9-10H2,2-3H3/t13-,14+,16-/m1/s1. The number of carbonyl (C=O) groups excluding carboxylic acids is 1. The number of hydrogen-bond acceptors (Lipinski definition) is 3. The van der Waals surface area contributed by atoms with E-state index >= 15 is 0 Å². The SMILES string of the molecule is C=C1C(=O)O[C@]2(C)CN(C)[C@H](c3ccccc3)C[C@H]12. The molecule has 1 aromatic carbocycles. The Morgan fingerprint density at radius 3 is 2.74 bits per heavy atom. The van der Waals surface area contributed by atoms with Gasteiger partial charge in [-0.05, 0) is 26.0 Å². The van der Waals surface area contributed by atoms with Gasteiger partial charge in [-0.2, -0.15) is 0 Å². The fourth-order valence-electron chi connectivity index (χ4n) is 3.47. The number of fused-ring (bicyclic) bond motifs is 1. The molecule has 0 saturated carbocycles. The van der Waals surface area contributed by atoms with Gasteiger partial charge < -0.3 is 4.74 Å². The summed E-state index contributed by atoms with van der Waals surface area (Å²) in [6.07, 6.45) is 0.890. The first kappa shape index (κ1) is 12.4. The Bertz CT molecular complexity index is 525. The number of ether oxygens (including phenoxy) is 1. The molecule has 0 radical (unpaired) electrons. The van der Waals surface area contributed by atoms with Crippen molar-refractivity contribution in [2.45, 2.75) is 25.0 Å². The van der Waals surface area contributed by atoms with E-state index in [1.54, 1.807) is 0 Å². The van der Waals surface area contributed by atoms with Gasteiger partial charge >= 0.3 is 5.97 Å². The average molecular weight is 257 g/mol. The first-order valence-electron chi connectivity index (χ1n) is 6.68. The van der Waals surface area contributed by atoms with Gasteiger partial charge in [-0.1, -0.05) is 36.9 Å². The summed E-state index contributed by atoms with van der Waals surface area (Å²) in [5, 5.41) is 0. The number of benzene rings is 1. The van der Waals surface area contributed by atoms with E-state index < -0.39 is 5.60 Å². The molecule has 2 aliphatic rings. The number of hydrogen-bond donors (Lipinski definition) is 0. The molecule has 3 nitrogen and oxygen atoms in total. The van der Waals surface area contributed by atoms with Gasteiger partial charge in [0.05, 0.1) is 0 Å². The van der Waals surface area contributed by atoms with Gasteiger partial charge in [0.25, 0.3) is 0 Å². The average Bonchev–Trinajstić information content (AvgIpc) is 2.59. The first-order valence-corrected chi connectivity index (χ1v) is 6.68. The Morgan fingerprint density at radius 1 is 1.37 bits per heavy atom. The van der Waals surface area contributed by atoms with Crippen molar-refractivity contribution >= 4 is 5.97 Å². The predicted octanol–water partition coefficient (Wildman–Crippen LogP) is 2.55. The molecule has 2 heterocycles. The summed E-state index contributed by atoms with van der Waals surface area (Å²) in [7, 11) is 2.09. The zero-order valence-corrected chi connectivity index (χ0v) is 11.4. The van der Waals surface area contributed by atoms with Crippen molar-refractivity contribution in [3.63, 3.8) is 0 Å². The normalized spacial score (nSPS) is 35.1. The summed E-state index contributed by atoms with van der Waals surface area (Å²) < 4.78 is 5.54. The van der Waals surface area contributed by atoms with E-state index in [4.69, 9.17) is 4.74 Å². The van der Waals surface area contributed by atoms with Crippen LogP contribution in [0.4, 0.5) is 0 Å². The summed E-state index contributed by atoms with van der Waals surface area (Å²) >= 11 is 0. The highest BCUT2D eigenvalue weighted by Gasteiger charge is 2.53. The minimum atomic E-state index is -0.409. The summed E-state index contributed by atoms with van der Waals surface area (Å²) in [5.74, 6) is -0.101. The van der Waals surface area contributed by atoms with Crippen molar-refractivity contribution in [1.29, 1.82) is 0 Å². The first-order chi connectivity index (χ1) is 9.01. The molecule has 0 spiro atoms. The largest absolute Gasteiger partial charge is 0.454 e. The number of carbonyl (C=O) groups is 1. The monoisotopic (exact) mass is 257 g/mol. The molecule has 2 fully saturated rings. The van der Waals surface area contributed by atoms with Crippen LogP contribution in [-0.4, -0.2) is 30.1 Å². The Balaban J connectivity index is 1.92. The highest BCUT2D eigenvalue weighted by molar-refractivity contribution is 5.91. The lowest BCUT2D eigenvalue weighted by Gasteiger charge is -2.44. The summed E-state index contributed by atoms with van der Waals surface area (Å²) in [4.78, 5) is 14.0. The van der Waals surface area contributed by atoms with E-state index in [0.717, 1.165) is 13.0 Å². The highest BCUT2D eigenvalue weighted by Crippen LogP contribution is 2.47. The molecular formula is C16H19NO2. The van der Waals surface area contributed by atoms with Crippen molar-refractivity contribution in [1.82, 2.24) is 4.90 Å². The number of piperidine rings is 1. The lowest BCUT2D eigenvalue weighted by atomic mass is 9.76. The quantitative estimate of drug-likeness (QED) is 0.572. The van der Waals surface area contributed by atoms with Crippen LogP contribution >= 0.6 is 0 Å². The Labute approximate surface area is 113 Å². The summed E-state index contributed by atoms with van der Waals surface area (Å²) in [6.45, 7) is 6.70. The van der Waals surface area contributed by atoms with Gasteiger partial charge in [0.1, 0.15) is 5.60 Å². The number of rotatable bonds is 1. The molecular weight excluding hydrogens is 238 g/mol. The maximum Gasteiger partial charge on any atom is 0.334 e. The van der Waals surface area contributed by atoms with Gasteiger partial charge in [-0.3, -0.25) is 4.90 Å². The van der Waals surface area contributed by atoms with Crippen LogP contribution < -0.4 is 0 Å². The van der Waals surface area contributed by atoms with Crippen LogP contribution in [0.5, 0.6) is 0 Å². The van der Waals surface area contributed by atoms with Gasteiger partial charge in [-0.25, -0.2) is 4.79 Å². The fraction of sp³-hybridized carbons (Fsp3) is 0.438. The van der Waals surface area contributed by atoms with E-state index in [1.165, 1.54) is 5.56 Å². The predicted molar refractivity (Wildman–Crippen MR) is 73.6 cm³/mol.